The summed E-state index contributed by atoms with van der Waals surface area (Å²) in [7, 11) is 1.51. The van der Waals surface area contributed by atoms with Crippen molar-refractivity contribution in [3.05, 3.63) is 44.8 Å². The first-order chi connectivity index (χ1) is 12.7. The van der Waals surface area contributed by atoms with E-state index in [1.54, 1.807) is 18.2 Å². The zero-order valence-corrected chi connectivity index (χ0v) is 17.6. The molecule has 3 rings (SSSR count). The summed E-state index contributed by atoms with van der Waals surface area (Å²) in [6.45, 7) is 6.78. The molecule has 0 bridgehead atoms. The fourth-order valence-corrected chi connectivity index (χ4v) is 5.00. The highest BCUT2D eigenvalue weighted by Crippen LogP contribution is 2.44. The van der Waals surface area contributed by atoms with Gasteiger partial charge in [0.15, 0.2) is 0 Å². The maximum absolute atomic E-state index is 12.8. The van der Waals surface area contributed by atoms with Crippen LogP contribution in [0.25, 0.3) is 0 Å². The van der Waals surface area contributed by atoms with E-state index in [2.05, 4.69) is 32.2 Å². The summed E-state index contributed by atoms with van der Waals surface area (Å²) in [6, 6.07) is 7.20. The second kappa shape index (κ2) is 7.53. The molecule has 142 valence electrons. The molecule has 0 saturated heterocycles. The standard InChI is InChI=1S/C21H23ClN2O2S/c1-21(2,3)12-5-7-14-16(11-23)20(27-18(14)9-12)24-19(25)15-10-13(22)6-8-17(15)26-4/h6,8,10,12H,5,7,9H2,1-4H3,(H,24,25). The molecule has 0 saturated carbocycles. The zero-order chi connectivity index (χ0) is 19.8. The van der Waals surface area contributed by atoms with Crippen LogP contribution < -0.4 is 10.1 Å². The number of nitrogens with one attached hydrogen (secondary N) is 1. The monoisotopic (exact) mass is 402 g/mol. The van der Waals surface area contributed by atoms with Crippen LogP contribution in [-0.2, 0) is 12.8 Å². The third kappa shape index (κ3) is 3.97. The first-order valence-corrected chi connectivity index (χ1v) is 10.1. The second-order valence-corrected chi connectivity index (χ2v) is 9.47. The molecule has 1 amide bonds. The first kappa shape index (κ1) is 19.7. The normalized spacial score (nSPS) is 16.4. The summed E-state index contributed by atoms with van der Waals surface area (Å²) in [5.74, 6) is 0.702. The molecular formula is C21H23ClN2O2S. The maximum atomic E-state index is 12.8. The molecule has 1 unspecified atom stereocenters. The number of hydrogen-bond donors (Lipinski definition) is 1. The molecule has 4 nitrogen and oxygen atoms in total. The van der Waals surface area contributed by atoms with Gasteiger partial charge >= 0.3 is 0 Å². The number of benzene rings is 1. The van der Waals surface area contributed by atoms with Gasteiger partial charge in [0.2, 0.25) is 0 Å². The van der Waals surface area contributed by atoms with Gasteiger partial charge in [-0.1, -0.05) is 32.4 Å². The minimum Gasteiger partial charge on any atom is -0.496 e. The van der Waals surface area contributed by atoms with Gasteiger partial charge in [-0.3, -0.25) is 4.79 Å². The average Bonchev–Trinajstić information content (AvgIpc) is 2.96. The van der Waals surface area contributed by atoms with Gasteiger partial charge in [0.25, 0.3) is 5.91 Å². The number of nitriles is 1. The van der Waals surface area contributed by atoms with Crippen molar-refractivity contribution in [3.63, 3.8) is 0 Å². The van der Waals surface area contributed by atoms with Gasteiger partial charge < -0.3 is 10.1 Å². The first-order valence-electron chi connectivity index (χ1n) is 8.94. The van der Waals surface area contributed by atoms with E-state index in [1.807, 2.05) is 0 Å². The summed E-state index contributed by atoms with van der Waals surface area (Å²) in [5.41, 5.74) is 2.27. The van der Waals surface area contributed by atoms with Crippen LogP contribution in [-0.4, -0.2) is 13.0 Å². The number of hydrogen-bond acceptors (Lipinski definition) is 4. The topological polar surface area (TPSA) is 62.1 Å². The molecular weight excluding hydrogens is 380 g/mol. The van der Waals surface area contributed by atoms with Gasteiger partial charge in [-0.2, -0.15) is 5.26 Å². The Bertz CT molecular complexity index is 921. The van der Waals surface area contributed by atoms with E-state index in [0.29, 0.717) is 32.8 Å². The number of thiophene rings is 1. The van der Waals surface area contributed by atoms with Crippen LogP contribution in [0.2, 0.25) is 5.02 Å². The van der Waals surface area contributed by atoms with E-state index in [1.165, 1.54) is 23.3 Å². The summed E-state index contributed by atoms with van der Waals surface area (Å²) in [6.07, 6.45) is 2.90. The molecule has 1 aliphatic carbocycles. The Hall–Kier alpha value is -2.03. The van der Waals surface area contributed by atoms with Crippen LogP contribution in [0.1, 0.15) is 53.6 Å². The maximum Gasteiger partial charge on any atom is 0.260 e. The van der Waals surface area contributed by atoms with E-state index in [-0.39, 0.29) is 11.3 Å². The van der Waals surface area contributed by atoms with E-state index in [9.17, 15) is 10.1 Å². The smallest absolute Gasteiger partial charge is 0.260 e. The van der Waals surface area contributed by atoms with Crippen molar-refractivity contribution >= 4 is 33.8 Å². The summed E-state index contributed by atoms with van der Waals surface area (Å²) in [4.78, 5) is 14.0. The Morgan fingerprint density at radius 1 is 1.41 bits per heavy atom. The fraction of sp³-hybridized carbons (Fsp3) is 0.429. The lowest BCUT2D eigenvalue weighted by Crippen LogP contribution is -2.26. The van der Waals surface area contributed by atoms with Crippen LogP contribution in [0.3, 0.4) is 0 Å². The van der Waals surface area contributed by atoms with Crippen molar-refractivity contribution in [3.8, 4) is 11.8 Å². The minimum atomic E-state index is -0.322. The molecule has 27 heavy (non-hydrogen) atoms. The Balaban J connectivity index is 1.91. The number of carbonyl (C=O) groups is 1. The zero-order valence-electron chi connectivity index (χ0n) is 16.0. The van der Waals surface area contributed by atoms with Crippen molar-refractivity contribution in [2.45, 2.75) is 40.0 Å². The third-order valence-corrected chi connectivity index (χ3v) is 6.64. The number of amides is 1. The van der Waals surface area contributed by atoms with Crippen LogP contribution in [0.15, 0.2) is 18.2 Å². The minimum absolute atomic E-state index is 0.228. The Kier molecular flexibility index (Phi) is 5.50. The van der Waals surface area contributed by atoms with Crippen LogP contribution in [0, 0.1) is 22.7 Å². The summed E-state index contributed by atoms with van der Waals surface area (Å²) >= 11 is 7.55. The highest BCUT2D eigenvalue weighted by atomic mass is 35.5. The molecule has 2 aromatic rings. The highest BCUT2D eigenvalue weighted by Gasteiger charge is 2.32. The molecule has 1 aromatic carbocycles. The number of fused-ring (bicyclic) bond motifs is 1. The second-order valence-electron chi connectivity index (χ2n) is 7.92. The quantitative estimate of drug-likeness (QED) is 0.717. The largest absolute Gasteiger partial charge is 0.496 e. The number of ether oxygens (including phenoxy) is 1. The molecule has 6 heteroatoms. The van der Waals surface area contributed by atoms with Crippen LogP contribution >= 0.6 is 22.9 Å². The lowest BCUT2D eigenvalue weighted by molar-refractivity contribution is 0.102. The van der Waals surface area contributed by atoms with Crippen molar-refractivity contribution in [1.29, 1.82) is 5.26 Å². The molecule has 0 spiro atoms. The van der Waals surface area contributed by atoms with Crippen LogP contribution in [0.5, 0.6) is 5.75 Å². The van der Waals surface area contributed by atoms with Crippen molar-refractivity contribution in [1.82, 2.24) is 0 Å². The summed E-state index contributed by atoms with van der Waals surface area (Å²) in [5, 5.41) is 13.7. The Morgan fingerprint density at radius 2 is 2.15 bits per heavy atom. The highest BCUT2D eigenvalue weighted by molar-refractivity contribution is 7.16. The molecule has 1 aliphatic rings. The lowest BCUT2D eigenvalue weighted by Gasteiger charge is -2.33. The Morgan fingerprint density at radius 3 is 2.78 bits per heavy atom. The van der Waals surface area contributed by atoms with E-state index in [4.69, 9.17) is 16.3 Å². The van der Waals surface area contributed by atoms with E-state index in [0.717, 1.165) is 24.8 Å². The SMILES string of the molecule is COc1ccc(Cl)cc1C(=O)Nc1sc2c(c1C#N)CCC(C(C)(C)C)C2. The fourth-order valence-electron chi connectivity index (χ4n) is 3.56. The number of methoxy groups -OCH3 is 1. The van der Waals surface area contributed by atoms with Gasteiger partial charge in [-0.15, -0.1) is 11.3 Å². The van der Waals surface area contributed by atoms with Crippen molar-refractivity contribution in [2.24, 2.45) is 11.3 Å². The molecule has 1 atom stereocenters. The van der Waals surface area contributed by atoms with E-state index >= 15 is 0 Å². The third-order valence-electron chi connectivity index (χ3n) is 5.24. The van der Waals surface area contributed by atoms with Crippen molar-refractivity contribution < 1.29 is 9.53 Å². The molecule has 0 aliphatic heterocycles. The molecule has 1 N–H and O–H groups in total. The number of nitrogens with zero attached hydrogens (tertiary/aromatic N) is 1. The van der Waals surface area contributed by atoms with Gasteiger partial charge in [0, 0.05) is 9.90 Å². The number of rotatable bonds is 3. The summed E-state index contributed by atoms with van der Waals surface area (Å²) < 4.78 is 5.27. The van der Waals surface area contributed by atoms with E-state index < -0.39 is 0 Å². The molecule has 1 heterocycles. The van der Waals surface area contributed by atoms with Gasteiger partial charge in [0.05, 0.1) is 18.2 Å². The molecule has 0 radical (unpaired) electrons. The average molecular weight is 403 g/mol. The van der Waals surface area contributed by atoms with Gasteiger partial charge in [-0.25, -0.2) is 0 Å². The molecule has 1 aromatic heterocycles. The van der Waals surface area contributed by atoms with Gasteiger partial charge in [-0.05, 0) is 54.4 Å². The number of carbonyl (C=O) groups excluding carboxylic acids is 1. The van der Waals surface area contributed by atoms with Crippen LogP contribution in [0.4, 0.5) is 5.00 Å². The predicted molar refractivity (Wildman–Crippen MR) is 110 cm³/mol. The number of halogens is 1. The predicted octanol–water partition coefficient (Wildman–Crippen LogP) is 5.69. The number of anilines is 1. The molecule has 0 fully saturated rings. The van der Waals surface area contributed by atoms with Gasteiger partial charge in [0.1, 0.15) is 16.8 Å². The Labute approximate surface area is 169 Å². The van der Waals surface area contributed by atoms with Crippen molar-refractivity contribution in [2.75, 3.05) is 12.4 Å². The lowest BCUT2D eigenvalue weighted by atomic mass is 9.72.